The number of nitrogens with one attached hydrogen (secondary N) is 1. The standard InChI is InChI=1S/C14H15N3O2/c15-11(9-10-5-2-1-3-6-10)14(19)17-13-12(18)7-4-8-16-13/h1-8,11,18H,9,15H2,(H,16,17,19)/t11-/m0/s1. The van der Waals surface area contributed by atoms with Crippen molar-refractivity contribution in [3.8, 4) is 5.75 Å². The molecule has 1 aromatic heterocycles. The molecule has 1 heterocycles. The number of pyridine rings is 1. The highest BCUT2D eigenvalue weighted by molar-refractivity contribution is 5.95. The monoisotopic (exact) mass is 257 g/mol. The minimum Gasteiger partial charge on any atom is -0.504 e. The second-order valence-corrected chi connectivity index (χ2v) is 4.16. The van der Waals surface area contributed by atoms with Crippen molar-refractivity contribution in [3.05, 3.63) is 54.2 Å². The van der Waals surface area contributed by atoms with Crippen LogP contribution < -0.4 is 11.1 Å². The summed E-state index contributed by atoms with van der Waals surface area (Å²) >= 11 is 0. The highest BCUT2D eigenvalue weighted by Gasteiger charge is 2.15. The average molecular weight is 257 g/mol. The van der Waals surface area contributed by atoms with Crippen LogP contribution in [0.25, 0.3) is 0 Å². The summed E-state index contributed by atoms with van der Waals surface area (Å²) in [5, 5.41) is 12.0. The summed E-state index contributed by atoms with van der Waals surface area (Å²) in [7, 11) is 0. The molecule has 0 bridgehead atoms. The van der Waals surface area contributed by atoms with E-state index in [1.54, 1.807) is 6.07 Å². The molecule has 4 N–H and O–H groups in total. The van der Waals surface area contributed by atoms with Gasteiger partial charge in [-0.2, -0.15) is 0 Å². The number of aromatic hydroxyl groups is 1. The fourth-order valence-electron chi connectivity index (χ4n) is 1.66. The fraction of sp³-hybridized carbons (Fsp3) is 0.143. The molecule has 0 radical (unpaired) electrons. The summed E-state index contributed by atoms with van der Waals surface area (Å²) in [5.41, 5.74) is 6.81. The Morgan fingerprint density at radius 1 is 1.26 bits per heavy atom. The summed E-state index contributed by atoms with van der Waals surface area (Å²) in [6, 6.07) is 11.8. The maximum Gasteiger partial charge on any atom is 0.242 e. The van der Waals surface area contributed by atoms with E-state index in [1.165, 1.54) is 12.3 Å². The Bertz CT molecular complexity index is 558. The molecule has 0 spiro atoms. The van der Waals surface area contributed by atoms with Crippen LogP contribution in [0, 0.1) is 0 Å². The molecule has 0 unspecified atom stereocenters. The van der Waals surface area contributed by atoms with Crippen LogP contribution in [0.4, 0.5) is 5.82 Å². The zero-order chi connectivity index (χ0) is 13.7. The smallest absolute Gasteiger partial charge is 0.242 e. The molecular formula is C14H15N3O2. The number of nitrogens with zero attached hydrogens (tertiary/aromatic N) is 1. The molecule has 5 nitrogen and oxygen atoms in total. The summed E-state index contributed by atoms with van der Waals surface area (Å²) in [4.78, 5) is 15.8. The van der Waals surface area contributed by atoms with Crippen molar-refractivity contribution in [1.82, 2.24) is 4.98 Å². The van der Waals surface area contributed by atoms with Crippen molar-refractivity contribution in [2.75, 3.05) is 5.32 Å². The number of anilines is 1. The Balaban J connectivity index is 1.99. The van der Waals surface area contributed by atoms with E-state index in [0.717, 1.165) is 5.56 Å². The zero-order valence-electron chi connectivity index (χ0n) is 10.3. The summed E-state index contributed by atoms with van der Waals surface area (Å²) in [6.07, 6.45) is 1.92. The number of carbonyl (C=O) groups excluding carboxylic acids is 1. The molecule has 1 atom stereocenters. The maximum atomic E-state index is 11.9. The van der Waals surface area contributed by atoms with Crippen LogP contribution >= 0.6 is 0 Å². The van der Waals surface area contributed by atoms with Crippen molar-refractivity contribution < 1.29 is 9.90 Å². The van der Waals surface area contributed by atoms with Gasteiger partial charge in [-0.3, -0.25) is 4.79 Å². The number of aromatic nitrogens is 1. The molecule has 98 valence electrons. The van der Waals surface area contributed by atoms with E-state index in [1.807, 2.05) is 30.3 Å². The molecule has 2 aromatic rings. The number of amides is 1. The molecule has 0 aliphatic rings. The third kappa shape index (κ3) is 3.53. The average Bonchev–Trinajstić information content (AvgIpc) is 2.42. The minimum atomic E-state index is -0.691. The van der Waals surface area contributed by atoms with Crippen LogP contribution in [0.5, 0.6) is 5.75 Å². The van der Waals surface area contributed by atoms with Gasteiger partial charge in [0, 0.05) is 6.20 Å². The van der Waals surface area contributed by atoms with Crippen LogP contribution in [0.3, 0.4) is 0 Å². The molecule has 1 aromatic carbocycles. The molecule has 0 aliphatic heterocycles. The van der Waals surface area contributed by atoms with Gasteiger partial charge in [-0.05, 0) is 24.1 Å². The lowest BCUT2D eigenvalue weighted by atomic mass is 10.1. The maximum absolute atomic E-state index is 11.9. The van der Waals surface area contributed by atoms with Gasteiger partial charge in [-0.1, -0.05) is 30.3 Å². The number of benzene rings is 1. The first-order valence-electron chi connectivity index (χ1n) is 5.91. The Labute approximate surface area is 111 Å². The summed E-state index contributed by atoms with van der Waals surface area (Å²) in [6.45, 7) is 0. The van der Waals surface area contributed by atoms with Gasteiger partial charge in [0.2, 0.25) is 5.91 Å². The molecule has 5 heteroatoms. The van der Waals surface area contributed by atoms with E-state index >= 15 is 0 Å². The summed E-state index contributed by atoms with van der Waals surface area (Å²) in [5.74, 6) is -0.336. The lowest BCUT2D eigenvalue weighted by Crippen LogP contribution is -2.37. The molecule has 0 saturated carbocycles. The van der Waals surface area contributed by atoms with Gasteiger partial charge in [0.1, 0.15) is 0 Å². The second kappa shape index (κ2) is 5.97. The van der Waals surface area contributed by atoms with Crippen LogP contribution in [-0.4, -0.2) is 22.0 Å². The number of rotatable bonds is 4. The van der Waals surface area contributed by atoms with E-state index in [9.17, 15) is 9.90 Å². The Hall–Kier alpha value is -2.40. The van der Waals surface area contributed by atoms with Crippen molar-refractivity contribution in [1.29, 1.82) is 0 Å². The fourth-order valence-corrected chi connectivity index (χ4v) is 1.66. The van der Waals surface area contributed by atoms with Crippen molar-refractivity contribution in [2.45, 2.75) is 12.5 Å². The highest BCUT2D eigenvalue weighted by atomic mass is 16.3. The number of hydrogen-bond donors (Lipinski definition) is 3. The first-order chi connectivity index (χ1) is 9.16. The van der Waals surface area contributed by atoms with E-state index in [2.05, 4.69) is 10.3 Å². The molecule has 1 amide bonds. The SMILES string of the molecule is N[C@@H](Cc1ccccc1)C(=O)Nc1ncccc1O. The first kappa shape index (κ1) is 13.0. The normalized spacial score (nSPS) is 11.8. The van der Waals surface area contributed by atoms with Crippen LogP contribution in [0.2, 0.25) is 0 Å². The predicted octanol–water partition coefficient (Wildman–Crippen LogP) is 1.30. The Morgan fingerprint density at radius 3 is 2.68 bits per heavy atom. The highest BCUT2D eigenvalue weighted by Crippen LogP contribution is 2.18. The van der Waals surface area contributed by atoms with E-state index in [0.29, 0.717) is 6.42 Å². The van der Waals surface area contributed by atoms with Gasteiger partial charge in [0.15, 0.2) is 11.6 Å². The third-order valence-corrected chi connectivity index (χ3v) is 2.66. The van der Waals surface area contributed by atoms with Gasteiger partial charge < -0.3 is 16.2 Å². The van der Waals surface area contributed by atoms with E-state index in [4.69, 9.17) is 5.73 Å². The molecule has 0 saturated heterocycles. The molecule has 0 fully saturated rings. The zero-order valence-corrected chi connectivity index (χ0v) is 10.3. The quantitative estimate of drug-likeness (QED) is 0.770. The van der Waals surface area contributed by atoms with Crippen LogP contribution in [-0.2, 0) is 11.2 Å². The molecule has 0 aliphatic carbocycles. The Kier molecular flexibility index (Phi) is 4.10. The summed E-state index contributed by atoms with van der Waals surface area (Å²) < 4.78 is 0. The van der Waals surface area contributed by atoms with Gasteiger partial charge in [0.25, 0.3) is 0 Å². The molecule has 19 heavy (non-hydrogen) atoms. The predicted molar refractivity (Wildman–Crippen MR) is 72.7 cm³/mol. The topological polar surface area (TPSA) is 88.2 Å². The number of carbonyl (C=O) groups is 1. The number of hydrogen-bond acceptors (Lipinski definition) is 4. The molecular weight excluding hydrogens is 242 g/mol. The van der Waals surface area contributed by atoms with Crippen molar-refractivity contribution in [3.63, 3.8) is 0 Å². The third-order valence-electron chi connectivity index (χ3n) is 2.66. The first-order valence-corrected chi connectivity index (χ1v) is 5.91. The molecule has 2 rings (SSSR count). The van der Waals surface area contributed by atoms with Gasteiger partial charge in [-0.25, -0.2) is 4.98 Å². The second-order valence-electron chi connectivity index (χ2n) is 4.16. The van der Waals surface area contributed by atoms with Crippen molar-refractivity contribution in [2.24, 2.45) is 5.73 Å². The van der Waals surface area contributed by atoms with Crippen molar-refractivity contribution >= 4 is 11.7 Å². The van der Waals surface area contributed by atoms with E-state index < -0.39 is 6.04 Å². The van der Waals surface area contributed by atoms with Gasteiger partial charge in [-0.15, -0.1) is 0 Å². The van der Waals surface area contributed by atoms with Crippen LogP contribution in [0.1, 0.15) is 5.56 Å². The number of nitrogens with two attached hydrogens (primary N) is 1. The lowest BCUT2D eigenvalue weighted by molar-refractivity contribution is -0.117. The lowest BCUT2D eigenvalue weighted by Gasteiger charge is -2.12. The minimum absolute atomic E-state index is 0.0808. The van der Waals surface area contributed by atoms with E-state index in [-0.39, 0.29) is 17.5 Å². The van der Waals surface area contributed by atoms with Gasteiger partial charge in [0.05, 0.1) is 6.04 Å². The van der Waals surface area contributed by atoms with Gasteiger partial charge >= 0.3 is 0 Å². The van der Waals surface area contributed by atoms with Crippen LogP contribution in [0.15, 0.2) is 48.7 Å². The largest absolute Gasteiger partial charge is 0.504 e. The Morgan fingerprint density at radius 2 is 2.00 bits per heavy atom.